The van der Waals surface area contributed by atoms with E-state index in [0.29, 0.717) is 12.3 Å². The Morgan fingerprint density at radius 3 is 2.80 bits per heavy atom. The predicted molar refractivity (Wildman–Crippen MR) is 55.0 cm³/mol. The first-order valence-corrected chi connectivity index (χ1v) is 5.97. The van der Waals surface area contributed by atoms with Crippen LogP contribution < -0.4 is 4.72 Å². The maximum atomic E-state index is 11.8. The van der Waals surface area contributed by atoms with Crippen molar-refractivity contribution in [3.63, 3.8) is 0 Å². The van der Waals surface area contributed by atoms with Gasteiger partial charge in [-0.25, -0.2) is 13.1 Å². The van der Waals surface area contributed by atoms with Gasteiger partial charge in [0, 0.05) is 13.2 Å². The average Bonchev–Trinajstić information content (AvgIpc) is 2.51. The van der Waals surface area contributed by atoms with Gasteiger partial charge in [0.05, 0.1) is 18.5 Å². The Bertz CT molecular complexity index is 413. The second-order valence-corrected chi connectivity index (χ2v) is 5.02. The van der Waals surface area contributed by atoms with Gasteiger partial charge in [0.25, 0.3) is 0 Å². The van der Waals surface area contributed by atoms with Crippen LogP contribution in [-0.4, -0.2) is 38.4 Å². The summed E-state index contributed by atoms with van der Waals surface area (Å²) in [5.41, 5.74) is 0.520. The zero-order chi connectivity index (χ0) is 11.5. The Balaban J connectivity index is 2.81. The molecule has 0 aliphatic carbocycles. The van der Waals surface area contributed by atoms with Crippen LogP contribution in [0.4, 0.5) is 0 Å². The zero-order valence-corrected chi connectivity index (χ0v) is 9.76. The van der Waals surface area contributed by atoms with E-state index in [2.05, 4.69) is 14.9 Å². The van der Waals surface area contributed by atoms with Gasteiger partial charge in [0.15, 0.2) is 0 Å². The molecule has 86 valence electrons. The molecule has 0 spiro atoms. The third-order valence-electron chi connectivity index (χ3n) is 1.85. The van der Waals surface area contributed by atoms with Crippen molar-refractivity contribution < 1.29 is 13.2 Å². The van der Waals surface area contributed by atoms with Gasteiger partial charge in [-0.15, -0.1) is 0 Å². The number of hydrogen-bond donors (Lipinski definition) is 2. The molecule has 15 heavy (non-hydrogen) atoms. The Morgan fingerprint density at radius 2 is 2.33 bits per heavy atom. The first-order chi connectivity index (χ1) is 6.97. The molecule has 0 amide bonds. The summed E-state index contributed by atoms with van der Waals surface area (Å²) in [5, 5.41) is 6.25. The van der Waals surface area contributed by atoms with Crippen molar-refractivity contribution in [3.8, 4) is 0 Å². The Hall–Kier alpha value is -0.920. The number of nitrogens with one attached hydrogen (secondary N) is 2. The number of aryl methyl sites for hydroxylation is 1. The van der Waals surface area contributed by atoms with Crippen LogP contribution in [0.1, 0.15) is 12.6 Å². The quantitative estimate of drug-likeness (QED) is 0.751. The molecule has 0 fully saturated rings. The fourth-order valence-electron chi connectivity index (χ4n) is 1.22. The van der Waals surface area contributed by atoms with Crippen LogP contribution in [0, 0.1) is 6.92 Å². The topological polar surface area (TPSA) is 84.1 Å². The summed E-state index contributed by atoms with van der Waals surface area (Å²) < 4.78 is 30.9. The molecule has 2 N–H and O–H groups in total. The summed E-state index contributed by atoms with van der Waals surface area (Å²) in [5.74, 6) is 0. The van der Waals surface area contributed by atoms with E-state index < -0.39 is 10.0 Å². The SMILES string of the molecule is COCC(C)NS(=O)(=O)c1cn[nH]c1C. The molecule has 0 saturated heterocycles. The Kier molecular flexibility index (Phi) is 3.83. The molecular weight excluding hydrogens is 218 g/mol. The number of aromatic amines is 1. The molecule has 0 saturated carbocycles. The molecule has 0 aliphatic rings. The number of nitrogens with zero attached hydrogens (tertiary/aromatic N) is 1. The molecule has 1 rings (SSSR count). The van der Waals surface area contributed by atoms with E-state index in [4.69, 9.17) is 4.74 Å². The molecule has 1 aromatic heterocycles. The standard InChI is InChI=1S/C8H15N3O3S/c1-6(5-14-3)11-15(12,13)8-4-9-10-7(8)2/h4,6,11H,5H2,1-3H3,(H,9,10). The molecule has 1 aromatic rings. The van der Waals surface area contributed by atoms with Crippen LogP contribution in [-0.2, 0) is 14.8 Å². The number of methoxy groups -OCH3 is 1. The first-order valence-electron chi connectivity index (χ1n) is 4.48. The number of H-pyrrole nitrogens is 1. The van der Waals surface area contributed by atoms with Gasteiger partial charge in [-0.2, -0.15) is 5.10 Å². The van der Waals surface area contributed by atoms with E-state index in [0.717, 1.165) is 0 Å². The van der Waals surface area contributed by atoms with Gasteiger partial charge in [-0.1, -0.05) is 0 Å². The number of sulfonamides is 1. The largest absolute Gasteiger partial charge is 0.383 e. The highest BCUT2D eigenvalue weighted by molar-refractivity contribution is 7.89. The lowest BCUT2D eigenvalue weighted by Gasteiger charge is -2.12. The van der Waals surface area contributed by atoms with Crippen LogP contribution >= 0.6 is 0 Å². The van der Waals surface area contributed by atoms with Crippen molar-refractivity contribution in [1.82, 2.24) is 14.9 Å². The monoisotopic (exact) mass is 233 g/mol. The van der Waals surface area contributed by atoms with Gasteiger partial charge in [-0.3, -0.25) is 5.10 Å². The maximum absolute atomic E-state index is 11.8. The van der Waals surface area contributed by atoms with Crippen LogP contribution in [0.3, 0.4) is 0 Å². The van der Waals surface area contributed by atoms with Crippen molar-refractivity contribution in [1.29, 1.82) is 0 Å². The van der Waals surface area contributed by atoms with E-state index in [-0.39, 0.29) is 10.9 Å². The van der Waals surface area contributed by atoms with Gasteiger partial charge in [-0.05, 0) is 13.8 Å². The van der Waals surface area contributed by atoms with Gasteiger partial charge in [0.2, 0.25) is 10.0 Å². The van der Waals surface area contributed by atoms with Gasteiger partial charge < -0.3 is 4.74 Å². The minimum absolute atomic E-state index is 0.172. The van der Waals surface area contributed by atoms with E-state index in [1.165, 1.54) is 13.3 Å². The summed E-state index contributed by atoms with van der Waals surface area (Å²) in [6, 6.07) is -0.269. The van der Waals surface area contributed by atoms with Crippen LogP contribution in [0.5, 0.6) is 0 Å². The predicted octanol–water partition coefficient (Wildman–Crippen LogP) is 0.0313. The molecule has 7 heteroatoms. The van der Waals surface area contributed by atoms with E-state index in [1.54, 1.807) is 13.8 Å². The fourth-order valence-corrected chi connectivity index (χ4v) is 2.59. The molecular formula is C8H15N3O3S. The van der Waals surface area contributed by atoms with Crippen molar-refractivity contribution in [2.24, 2.45) is 0 Å². The molecule has 0 radical (unpaired) electrons. The minimum atomic E-state index is -3.49. The van der Waals surface area contributed by atoms with Crippen LogP contribution in [0.15, 0.2) is 11.1 Å². The third kappa shape index (κ3) is 3.01. The fraction of sp³-hybridized carbons (Fsp3) is 0.625. The molecule has 1 heterocycles. The first kappa shape index (κ1) is 12.2. The smallest absolute Gasteiger partial charge is 0.244 e. The second-order valence-electron chi connectivity index (χ2n) is 3.34. The summed E-state index contributed by atoms with van der Waals surface area (Å²) in [4.78, 5) is 0.172. The number of hydrogen-bond acceptors (Lipinski definition) is 4. The molecule has 1 unspecified atom stereocenters. The lowest BCUT2D eigenvalue weighted by Crippen LogP contribution is -2.35. The summed E-state index contributed by atoms with van der Waals surface area (Å²) >= 11 is 0. The van der Waals surface area contributed by atoms with E-state index in [1.807, 2.05) is 0 Å². The van der Waals surface area contributed by atoms with Gasteiger partial charge >= 0.3 is 0 Å². The van der Waals surface area contributed by atoms with Crippen molar-refractivity contribution in [3.05, 3.63) is 11.9 Å². The summed E-state index contributed by atoms with van der Waals surface area (Å²) in [6.07, 6.45) is 1.29. The number of aromatic nitrogens is 2. The lowest BCUT2D eigenvalue weighted by molar-refractivity contribution is 0.180. The Labute approximate surface area is 89.1 Å². The maximum Gasteiger partial charge on any atom is 0.244 e. The second kappa shape index (κ2) is 4.73. The number of ether oxygens (including phenoxy) is 1. The summed E-state index contributed by atoms with van der Waals surface area (Å²) in [6.45, 7) is 3.72. The average molecular weight is 233 g/mol. The third-order valence-corrected chi connectivity index (χ3v) is 3.55. The lowest BCUT2D eigenvalue weighted by atomic mass is 10.4. The normalized spacial score (nSPS) is 14.1. The van der Waals surface area contributed by atoms with Crippen LogP contribution in [0.2, 0.25) is 0 Å². The minimum Gasteiger partial charge on any atom is -0.383 e. The van der Waals surface area contributed by atoms with Crippen molar-refractivity contribution in [2.45, 2.75) is 24.8 Å². The van der Waals surface area contributed by atoms with Gasteiger partial charge in [0.1, 0.15) is 4.90 Å². The highest BCUT2D eigenvalue weighted by atomic mass is 32.2. The van der Waals surface area contributed by atoms with E-state index in [9.17, 15) is 8.42 Å². The molecule has 6 nitrogen and oxygen atoms in total. The highest BCUT2D eigenvalue weighted by Gasteiger charge is 2.20. The zero-order valence-electron chi connectivity index (χ0n) is 8.94. The molecule has 0 bridgehead atoms. The molecule has 0 aliphatic heterocycles. The van der Waals surface area contributed by atoms with Crippen molar-refractivity contribution >= 4 is 10.0 Å². The number of rotatable bonds is 5. The molecule has 0 aromatic carbocycles. The Morgan fingerprint density at radius 1 is 1.67 bits per heavy atom. The van der Waals surface area contributed by atoms with E-state index >= 15 is 0 Å². The van der Waals surface area contributed by atoms with Crippen LogP contribution in [0.25, 0.3) is 0 Å². The highest BCUT2D eigenvalue weighted by Crippen LogP contribution is 2.11. The molecule has 1 atom stereocenters. The van der Waals surface area contributed by atoms with Crippen molar-refractivity contribution in [2.75, 3.05) is 13.7 Å². The summed E-state index contributed by atoms with van der Waals surface area (Å²) in [7, 11) is -1.97.